The number of rotatable bonds is 7. The molecule has 7 nitrogen and oxygen atoms in total. The largest absolute Gasteiger partial charge is 0.573 e. The topological polar surface area (TPSA) is 80.8 Å². The number of halogens is 3. The molecule has 1 aromatic heterocycles. The fraction of sp³-hybridized carbons (Fsp3) is 0.346. The number of aromatic nitrogens is 1. The van der Waals surface area contributed by atoms with Crippen LogP contribution in [0.3, 0.4) is 0 Å². The van der Waals surface area contributed by atoms with Crippen molar-refractivity contribution in [1.82, 2.24) is 9.88 Å². The van der Waals surface area contributed by atoms with Gasteiger partial charge in [0.05, 0.1) is 16.8 Å². The number of carbonyl (C=O) groups excluding carboxylic acids is 2. The smallest absolute Gasteiger partial charge is 0.491 e. The molecule has 0 aliphatic carbocycles. The normalized spacial score (nSPS) is 14.5. The Bertz CT molecular complexity index is 1240. The number of hydrogen-bond acceptors (Lipinski definition) is 6. The van der Waals surface area contributed by atoms with Crippen LogP contribution >= 0.6 is 11.3 Å². The van der Waals surface area contributed by atoms with Crippen molar-refractivity contribution in [3.8, 4) is 11.5 Å². The molecule has 4 rings (SSSR count). The number of nitrogens with one attached hydrogen (secondary N) is 1. The number of thiazole rings is 1. The molecule has 1 fully saturated rings. The van der Waals surface area contributed by atoms with E-state index in [1.807, 2.05) is 13.8 Å². The number of para-hydroxylation sites is 2. The second-order valence-electron chi connectivity index (χ2n) is 8.83. The van der Waals surface area contributed by atoms with E-state index in [9.17, 15) is 22.8 Å². The highest BCUT2D eigenvalue weighted by molar-refractivity contribution is 7.10. The van der Waals surface area contributed by atoms with Crippen LogP contribution < -0.4 is 14.8 Å². The first kappa shape index (κ1) is 26.5. The minimum atomic E-state index is -4.88. The Balaban J connectivity index is 1.34. The Kier molecular flexibility index (Phi) is 8.01. The van der Waals surface area contributed by atoms with Gasteiger partial charge in [-0.3, -0.25) is 9.59 Å². The van der Waals surface area contributed by atoms with Crippen LogP contribution in [-0.4, -0.2) is 47.3 Å². The van der Waals surface area contributed by atoms with Gasteiger partial charge in [-0.2, -0.15) is 0 Å². The Morgan fingerprint density at radius 1 is 1.08 bits per heavy atom. The highest BCUT2D eigenvalue weighted by atomic mass is 32.1. The van der Waals surface area contributed by atoms with E-state index in [2.05, 4.69) is 15.0 Å². The second-order valence-corrected chi connectivity index (χ2v) is 9.72. The molecular formula is C26H26F3N3O4S. The van der Waals surface area contributed by atoms with Gasteiger partial charge in [-0.25, -0.2) is 4.98 Å². The van der Waals surface area contributed by atoms with E-state index in [0.717, 1.165) is 11.1 Å². The van der Waals surface area contributed by atoms with Crippen LogP contribution in [0.5, 0.6) is 11.5 Å². The SMILES string of the molecule is CC(C)Oc1ccc(C(=O)N2CCC(c3nc(C(=O)Nc4ccccc4OC(F)(F)F)cs3)CC2)cc1. The summed E-state index contributed by atoms with van der Waals surface area (Å²) in [5.74, 6) is -0.381. The van der Waals surface area contributed by atoms with Crippen LogP contribution in [0.4, 0.5) is 18.9 Å². The highest BCUT2D eigenvalue weighted by Gasteiger charge is 2.32. The van der Waals surface area contributed by atoms with Crippen LogP contribution in [0.2, 0.25) is 0 Å². The van der Waals surface area contributed by atoms with Gasteiger partial charge in [0.2, 0.25) is 0 Å². The van der Waals surface area contributed by atoms with E-state index in [-0.39, 0.29) is 29.3 Å². The number of ether oxygens (including phenoxy) is 2. The lowest BCUT2D eigenvalue weighted by molar-refractivity contribution is -0.274. The highest BCUT2D eigenvalue weighted by Crippen LogP contribution is 2.33. The van der Waals surface area contributed by atoms with Crippen LogP contribution in [0.25, 0.3) is 0 Å². The number of amides is 2. The van der Waals surface area contributed by atoms with Crippen molar-refractivity contribution in [1.29, 1.82) is 0 Å². The predicted molar refractivity (Wildman–Crippen MR) is 133 cm³/mol. The summed E-state index contributed by atoms with van der Waals surface area (Å²) >= 11 is 1.32. The molecule has 0 atom stereocenters. The van der Waals surface area contributed by atoms with Crippen molar-refractivity contribution in [2.75, 3.05) is 18.4 Å². The number of carbonyl (C=O) groups is 2. The fourth-order valence-electron chi connectivity index (χ4n) is 4.01. The maximum atomic E-state index is 12.9. The molecule has 2 aromatic carbocycles. The Morgan fingerprint density at radius 2 is 1.76 bits per heavy atom. The van der Waals surface area contributed by atoms with Crippen LogP contribution in [0.1, 0.15) is 58.5 Å². The molecule has 0 bridgehead atoms. The standard InChI is InChI=1S/C26H26F3N3O4S/c1-16(2)35-19-9-7-18(8-10-19)25(34)32-13-11-17(12-14-32)24-31-21(15-37-24)23(33)30-20-5-3-4-6-22(20)36-26(27,28)29/h3-10,15-17H,11-14H2,1-2H3,(H,30,33). The van der Waals surface area contributed by atoms with Crippen molar-refractivity contribution in [3.05, 3.63) is 70.2 Å². The summed E-state index contributed by atoms with van der Waals surface area (Å²) in [4.78, 5) is 31.8. The second kappa shape index (κ2) is 11.2. The lowest BCUT2D eigenvalue weighted by Gasteiger charge is -2.31. The van der Waals surface area contributed by atoms with Crippen LogP contribution in [-0.2, 0) is 0 Å². The summed E-state index contributed by atoms with van der Waals surface area (Å²) in [6, 6.07) is 12.4. The number of piperidine rings is 1. The molecule has 0 radical (unpaired) electrons. The van der Waals surface area contributed by atoms with E-state index >= 15 is 0 Å². The van der Waals surface area contributed by atoms with E-state index in [0.29, 0.717) is 37.2 Å². The molecule has 1 N–H and O–H groups in total. The minimum Gasteiger partial charge on any atom is -0.491 e. The molecule has 11 heteroatoms. The average molecular weight is 534 g/mol. The first-order chi connectivity index (χ1) is 17.6. The van der Waals surface area contributed by atoms with Gasteiger partial charge in [0.15, 0.2) is 5.75 Å². The monoisotopic (exact) mass is 533 g/mol. The molecule has 2 heterocycles. The maximum absolute atomic E-state index is 12.9. The van der Waals surface area contributed by atoms with E-state index < -0.39 is 18.0 Å². The summed E-state index contributed by atoms with van der Waals surface area (Å²) in [5, 5.41) is 4.77. The molecule has 0 unspecified atom stereocenters. The third-order valence-electron chi connectivity index (χ3n) is 5.72. The third kappa shape index (κ3) is 7.00. The number of benzene rings is 2. The van der Waals surface area contributed by atoms with Gasteiger partial charge >= 0.3 is 6.36 Å². The summed E-state index contributed by atoms with van der Waals surface area (Å²) in [7, 11) is 0. The number of nitrogens with zero attached hydrogens (tertiary/aromatic N) is 2. The number of alkyl halides is 3. The molecule has 196 valence electrons. The molecule has 0 saturated carbocycles. The lowest BCUT2D eigenvalue weighted by atomic mass is 9.97. The molecule has 1 saturated heterocycles. The van der Waals surface area contributed by atoms with Gasteiger partial charge in [-0.1, -0.05) is 12.1 Å². The van der Waals surface area contributed by atoms with Crippen molar-refractivity contribution >= 4 is 28.8 Å². The number of anilines is 1. The Labute approximate surface area is 216 Å². The van der Waals surface area contributed by atoms with Crippen LogP contribution in [0, 0.1) is 0 Å². The van der Waals surface area contributed by atoms with Gasteiger partial charge in [0, 0.05) is 30.0 Å². The molecule has 1 aliphatic heterocycles. The third-order valence-corrected chi connectivity index (χ3v) is 6.73. The zero-order chi connectivity index (χ0) is 26.6. The summed E-state index contributed by atoms with van der Waals surface area (Å²) in [6.07, 6.45) is -3.44. The van der Waals surface area contributed by atoms with E-state index in [1.54, 1.807) is 34.5 Å². The minimum absolute atomic E-state index is 0.0477. The molecule has 3 aromatic rings. The summed E-state index contributed by atoms with van der Waals surface area (Å²) < 4.78 is 47.5. The van der Waals surface area contributed by atoms with Crippen molar-refractivity contribution in [3.63, 3.8) is 0 Å². The summed E-state index contributed by atoms with van der Waals surface area (Å²) in [5.41, 5.74) is 0.608. The molecule has 37 heavy (non-hydrogen) atoms. The van der Waals surface area contributed by atoms with E-state index in [1.165, 1.54) is 29.5 Å². The molecular weight excluding hydrogens is 507 g/mol. The van der Waals surface area contributed by atoms with Crippen LogP contribution in [0.15, 0.2) is 53.9 Å². The van der Waals surface area contributed by atoms with Crippen molar-refractivity contribution in [2.45, 2.75) is 45.1 Å². The zero-order valence-electron chi connectivity index (χ0n) is 20.2. The van der Waals surface area contributed by atoms with Gasteiger partial charge < -0.3 is 19.7 Å². The number of likely N-dealkylation sites (tertiary alicyclic amines) is 1. The maximum Gasteiger partial charge on any atom is 0.573 e. The van der Waals surface area contributed by atoms with Gasteiger partial charge in [-0.15, -0.1) is 24.5 Å². The molecule has 0 spiro atoms. The van der Waals surface area contributed by atoms with Gasteiger partial charge in [-0.05, 0) is 63.1 Å². The first-order valence-corrected chi connectivity index (χ1v) is 12.6. The van der Waals surface area contributed by atoms with Gasteiger partial charge in [0.1, 0.15) is 11.4 Å². The molecule has 1 aliphatic rings. The van der Waals surface area contributed by atoms with Crippen molar-refractivity contribution in [2.24, 2.45) is 0 Å². The van der Waals surface area contributed by atoms with Gasteiger partial charge in [0.25, 0.3) is 11.8 Å². The Morgan fingerprint density at radius 3 is 2.41 bits per heavy atom. The Hall–Kier alpha value is -3.60. The zero-order valence-corrected chi connectivity index (χ0v) is 21.1. The average Bonchev–Trinajstić information content (AvgIpc) is 3.35. The summed E-state index contributed by atoms with van der Waals surface area (Å²) in [6.45, 7) is 4.98. The lowest BCUT2D eigenvalue weighted by Crippen LogP contribution is -2.37. The molecule has 2 amide bonds. The number of hydrogen-bond donors (Lipinski definition) is 1. The fourth-order valence-corrected chi connectivity index (χ4v) is 4.98. The quantitative estimate of drug-likeness (QED) is 0.397. The van der Waals surface area contributed by atoms with Crippen molar-refractivity contribution < 1.29 is 32.2 Å². The first-order valence-electron chi connectivity index (χ1n) is 11.8. The predicted octanol–water partition coefficient (Wildman–Crippen LogP) is 6.10. The van der Waals surface area contributed by atoms with E-state index in [4.69, 9.17) is 4.74 Å².